The molecule has 2 fully saturated rings. The molecular formula is C16H28Cl2N4. The van der Waals surface area contributed by atoms with Crippen LogP contribution in [-0.4, -0.2) is 29.1 Å². The molecule has 2 heterocycles. The van der Waals surface area contributed by atoms with Crippen molar-refractivity contribution in [3.8, 4) is 0 Å². The molecule has 0 radical (unpaired) electrons. The highest BCUT2D eigenvalue weighted by atomic mass is 35.5. The van der Waals surface area contributed by atoms with Gasteiger partial charge in [0, 0.05) is 36.8 Å². The zero-order valence-corrected chi connectivity index (χ0v) is 15.1. The van der Waals surface area contributed by atoms with E-state index in [1.54, 1.807) is 6.33 Å². The van der Waals surface area contributed by atoms with Crippen molar-refractivity contribution in [3.05, 3.63) is 18.1 Å². The summed E-state index contributed by atoms with van der Waals surface area (Å²) < 4.78 is 0. The fourth-order valence-corrected chi connectivity index (χ4v) is 3.62. The van der Waals surface area contributed by atoms with Crippen LogP contribution < -0.4 is 10.6 Å². The highest BCUT2D eigenvalue weighted by Crippen LogP contribution is 2.40. The maximum absolute atomic E-state index is 5.88. The Morgan fingerprint density at radius 1 is 1.23 bits per heavy atom. The van der Waals surface area contributed by atoms with Crippen LogP contribution in [0.2, 0.25) is 0 Å². The van der Waals surface area contributed by atoms with Gasteiger partial charge in [-0.2, -0.15) is 0 Å². The molecule has 2 N–H and O–H groups in total. The van der Waals surface area contributed by atoms with Crippen LogP contribution in [0.3, 0.4) is 0 Å². The fraction of sp³-hybridized carbons (Fsp3) is 0.750. The molecule has 1 saturated carbocycles. The third kappa shape index (κ3) is 3.66. The Hall–Kier alpha value is -0.580. The van der Waals surface area contributed by atoms with Crippen LogP contribution in [0.4, 0.5) is 5.82 Å². The van der Waals surface area contributed by atoms with Crippen LogP contribution in [0.25, 0.3) is 0 Å². The lowest BCUT2D eigenvalue weighted by atomic mass is 9.78. The molecule has 0 spiro atoms. The molecule has 126 valence electrons. The summed E-state index contributed by atoms with van der Waals surface area (Å²) in [4.78, 5) is 11.4. The minimum atomic E-state index is 0. The summed E-state index contributed by atoms with van der Waals surface area (Å²) in [7, 11) is 0. The minimum absolute atomic E-state index is 0. The molecule has 1 aliphatic carbocycles. The monoisotopic (exact) mass is 346 g/mol. The first kappa shape index (κ1) is 19.5. The van der Waals surface area contributed by atoms with Crippen LogP contribution in [0.15, 0.2) is 12.4 Å². The Kier molecular flexibility index (Phi) is 6.90. The van der Waals surface area contributed by atoms with E-state index in [2.05, 4.69) is 34.8 Å². The van der Waals surface area contributed by atoms with Gasteiger partial charge in [-0.25, -0.2) is 9.97 Å². The van der Waals surface area contributed by atoms with Crippen LogP contribution in [0.5, 0.6) is 0 Å². The Morgan fingerprint density at radius 3 is 2.45 bits per heavy atom. The van der Waals surface area contributed by atoms with E-state index in [9.17, 15) is 0 Å². The van der Waals surface area contributed by atoms with Crippen molar-refractivity contribution in [3.63, 3.8) is 0 Å². The number of nitrogens with two attached hydrogens (primary N) is 1. The molecule has 6 heteroatoms. The molecule has 0 amide bonds. The summed E-state index contributed by atoms with van der Waals surface area (Å²) in [5.74, 6) is 1.66. The number of halogens is 2. The molecule has 1 aromatic rings. The summed E-state index contributed by atoms with van der Waals surface area (Å²) in [6.07, 6.45) is 7.68. The largest absolute Gasteiger partial charge is 0.356 e. The van der Waals surface area contributed by atoms with Gasteiger partial charge in [0.15, 0.2) is 0 Å². The highest BCUT2D eigenvalue weighted by molar-refractivity contribution is 5.85. The van der Waals surface area contributed by atoms with Crippen molar-refractivity contribution in [1.29, 1.82) is 0 Å². The molecule has 1 saturated heterocycles. The molecule has 1 aromatic heterocycles. The predicted octanol–water partition coefficient (Wildman–Crippen LogP) is 3.54. The van der Waals surface area contributed by atoms with Gasteiger partial charge in [0.1, 0.15) is 12.1 Å². The smallest absolute Gasteiger partial charge is 0.132 e. The van der Waals surface area contributed by atoms with Gasteiger partial charge in [-0.3, -0.25) is 0 Å². The first-order valence-electron chi connectivity index (χ1n) is 7.98. The van der Waals surface area contributed by atoms with E-state index in [4.69, 9.17) is 5.73 Å². The maximum atomic E-state index is 5.88. The summed E-state index contributed by atoms with van der Waals surface area (Å²) in [5.41, 5.74) is 7.56. The lowest BCUT2D eigenvalue weighted by Crippen LogP contribution is -2.35. The first-order chi connectivity index (χ1) is 9.65. The third-order valence-electron chi connectivity index (χ3n) is 5.53. The fourth-order valence-electron chi connectivity index (χ4n) is 3.62. The SMILES string of the molecule is CCC1(CC)CCN(c2cc(C3CC(N)C3)ncn2)C1.Cl.Cl. The number of anilines is 1. The standard InChI is InChI=1S/C16H26N4.2ClH/c1-3-16(4-2)5-6-20(10-16)15-9-14(18-11-19-15)12-7-13(17)8-12;;/h9,11-13H,3-8,10,17H2,1-2H3;2*1H. The van der Waals surface area contributed by atoms with Gasteiger partial charge in [-0.05, 0) is 37.5 Å². The Balaban J connectivity index is 0.00000121. The quantitative estimate of drug-likeness (QED) is 0.905. The topological polar surface area (TPSA) is 55.0 Å². The number of hydrogen-bond acceptors (Lipinski definition) is 4. The maximum Gasteiger partial charge on any atom is 0.132 e. The van der Waals surface area contributed by atoms with Crippen LogP contribution in [-0.2, 0) is 0 Å². The molecule has 0 bridgehead atoms. The van der Waals surface area contributed by atoms with Crippen molar-refractivity contribution < 1.29 is 0 Å². The van der Waals surface area contributed by atoms with Gasteiger partial charge in [-0.1, -0.05) is 13.8 Å². The van der Waals surface area contributed by atoms with Gasteiger partial charge < -0.3 is 10.6 Å². The summed E-state index contributed by atoms with van der Waals surface area (Å²) in [6, 6.07) is 2.57. The third-order valence-corrected chi connectivity index (χ3v) is 5.53. The zero-order valence-electron chi connectivity index (χ0n) is 13.5. The second-order valence-electron chi connectivity index (χ2n) is 6.61. The molecule has 0 atom stereocenters. The number of hydrogen-bond donors (Lipinski definition) is 1. The normalized spacial score (nSPS) is 25.9. The molecule has 22 heavy (non-hydrogen) atoms. The van der Waals surface area contributed by atoms with Crippen LogP contribution >= 0.6 is 24.8 Å². The second-order valence-corrected chi connectivity index (χ2v) is 6.61. The summed E-state index contributed by atoms with van der Waals surface area (Å²) in [6.45, 7) is 6.89. The minimum Gasteiger partial charge on any atom is -0.356 e. The summed E-state index contributed by atoms with van der Waals surface area (Å²) >= 11 is 0. The average molecular weight is 347 g/mol. The number of rotatable bonds is 4. The lowest BCUT2D eigenvalue weighted by Gasteiger charge is -2.32. The molecular weight excluding hydrogens is 319 g/mol. The lowest BCUT2D eigenvalue weighted by molar-refractivity contribution is 0.301. The summed E-state index contributed by atoms with van der Waals surface area (Å²) in [5, 5.41) is 0. The molecule has 0 unspecified atom stereocenters. The van der Waals surface area contributed by atoms with Crippen molar-refractivity contribution in [2.75, 3.05) is 18.0 Å². The molecule has 2 aliphatic rings. The van der Waals surface area contributed by atoms with E-state index < -0.39 is 0 Å². The van der Waals surface area contributed by atoms with Gasteiger partial charge in [0.2, 0.25) is 0 Å². The zero-order chi connectivity index (χ0) is 14.2. The number of nitrogens with zero attached hydrogens (tertiary/aromatic N) is 3. The van der Waals surface area contributed by atoms with Crippen molar-refractivity contribution in [1.82, 2.24) is 9.97 Å². The van der Waals surface area contributed by atoms with Gasteiger partial charge >= 0.3 is 0 Å². The van der Waals surface area contributed by atoms with Crippen LogP contribution in [0.1, 0.15) is 57.6 Å². The average Bonchev–Trinajstić information content (AvgIpc) is 2.89. The van der Waals surface area contributed by atoms with E-state index in [1.807, 2.05) is 0 Å². The van der Waals surface area contributed by atoms with E-state index in [1.165, 1.54) is 25.0 Å². The molecule has 0 aromatic carbocycles. The molecule has 1 aliphatic heterocycles. The van der Waals surface area contributed by atoms with Gasteiger partial charge in [0.05, 0.1) is 0 Å². The van der Waals surface area contributed by atoms with Crippen molar-refractivity contribution >= 4 is 30.6 Å². The van der Waals surface area contributed by atoms with Crippen molar-refractivity contribution in [2.24, 2.45) is 11.1 Å². The predicted molar refractivity (Wildman–Crippen MR) is 96.3 cm³/mol. The first-order valence-corrected chi connectivity index (χ1v) is 7.98. The highest BCUT2D eigenvalue weighted by Gasteiger charge is 2.36. The van der Waals surface area contributed by atoms with Crippen LogP contribution in [0, 0.1) is 5.41 Å². The van der Waals surface area contributed by atoms with E-state index in [0.29, 0.717) is 17.4 Å². The van der Waals surface area contributed by atoms with E-state index >= 15 is 0 Å². The second kappa shape index (κ2) is 7.80. The van der Waals surface area contributed by atoms with Crippen molar-refractivity contribution in [2.45, 2.75) is 57.9 Å². The number of aromatic nitrogens is 2. The van der Waals surface area contributed by atoms with E-state index in [0.717, 1.165) is 31.7 Å². The molecule has 4 nitrogen and oxygen atoms in total. The Bertz CT molecular complexity index is 473. The van der Waals surface area contributed by atoms with Gasteiger partial charge in [-0.15, -0.1) is 24.8 Å². The Morgan fingerprint density at radius 2 is 1.91 bits per heavy atom. The molecule has 3 rings (SSSR count). The van der Waals surface area contributed by atoms with Gasteiger partial charge in [0.25, 0.3) is 0 Å². The van der Waals surface area contributed by atoms with E-state index in [-0.39, 0.29) is 24.8 Å². The Labute approximate surface area is 146 Å².